The molecule has 27 heavy (non-hydrogen) atoms. The predicted molar refractivity (Wildman–Crippen MR) is 101 cm³/mol. The van der Waals surface area contributed by atoms with Crippen molar-refractivity contribution in [3.05, 3.63) is 35.9 Å². The fraction of sp³-hybridized carbons (Fsp3) is 0.571. The van der Waals surface area contributed by atoms with E-state index in [0.717, 1.165) is 5.56 Å². The predicted octanol–water partition coefficient (Wildman–Crippen LogP) is 3.93. The van der Waals surface area contributed by atoms with Crippen LogP contribution in [0.25, 0.3) is 0 Å². The molecular weight excluding hydrogens is 346 g/mol. The van der Waals surface area contributed by atoms with Gasteiger partial charge in [0.05, 0.1) is 0 Å². The highest BCUT2D eigenvalue weighted by Gasteiger charge is 2.51. The molecule has 0 aliphatic carbocycles. The zero-order chi connectivity index (χ0) is 20.4. The van der Waals surface area contributed by atoms with Crippen LogP contribution in [0.3, 0.4) is 0 Å². The number of amides is 1. The van der Waals surface area contributed by atoms with E-state index < -0.39 is 35.2 Å². The summed E-state index contributed by atoms with van der Waals surface area (Å²) in [5.74, 6) is -0.677. The third kappa shape index (κ3) is 5.08. The first kappa shape index (κ1) is 20.9. The van der Waals surface area contributed by atoms with E-state index in [1.807, 2.05) is 51.1 Å². The molecule has 6 nitrogen and oxygen atoms in total. The summed E-state index contributed by atoms with van der Waals surface area (Å²) in [5.41, 5.74) is -0.285. The average Bonchev–Trinajstić information content (AvgIpc) is 2.90. The van der Waals surface area contributed by atoms with Gasteiger partial charge >= 0.3 is 12.1 Å². The molecule has 6 heteroatoms. The maximum atomic E-state index is 12.8. The molecule has 1 aliphatic heterocycles. The Hall–Kier alpha value is -2.37. The first-order chi connectivity index (χ1) is 12.4. The molecule has 1 amide bonds. The Morgan fingerprint density at radius 1 is 1.07 bits per heavy atom. The van der Waals surface area contributed by atoms with Gasteiger partial charge in [-0.15, -0.1) is 0 Å². The SMILES string of the molecule is CC(C)(C)C(=O)C[C@H]1C(=O)O[C@@H](C(C)(C)C)N1C(=O)OCc1ccccc1. The van der Waals surface area contributed by atoms with Crippen LogP contribution in [0.15, 0.2) is 30.3 Å². The molecule has 0 unspecified atom stereocenters. The molecule has 0 saturated carbocycles. The van der Waals surface area contributed by atoms with Gasteiger partial charge in [0.15, 0.2) is 6.23 Å². The van der Waals surface area contributed by atoms with E-state index in [1.54, 1.807) is 20.8 Å². The molecule has 1 aromatic carbocycles. The number of ether oxygens (including phenoxy) is 2. The number of hydrogen-bond acceptors (Lipinski definition) is 5. The van der Waals surface area contributed by atoms with Crippen LogP contribution in [0.4, 0.5) is 4.79 Å². The summed E-state index contributed by atoms with van der Waals surface area (Å²) in [6.45, 7) is 11.1. The molecule has 1 saturated heterocycles. The van der Waals surface area contributed by atoms with Crippen LogP contribution in [-0.2, 0) is 25.7 Å². The standard InChI is InChI=1S/C21H29NO5/c1-20(2,3)16(23)12-15-17(24)27-18(21(4,5)6)22(15)19(25)26-13-14-10-8-7-9-11-14/h7-11,15,18H,12-13H2,1-6H3/t15-,18-/m0/s1. The second kappa shape index (κ2) is 7.71. The van der Waals surface area contributed by atoms with Crippen molar-refractivity contribution in [1.82, 2.24) is 4.90 Å². The van der Waals surface area contributed by atoms with Gasteiger partial charge in [0, 0.05) is 17.3 Å². The summed E-state index contributed by atoms with van der Waals surface area (Å²) in [6.07, 6.45) is -1.53. The largest absolute Gasteiger partial charge is 0.444 e. The van der Waals surface area contributed by atoms with Gasteiger partial charge < -0.3 is 9.47 Å². The summed E-state index contributed by atoms with van der Waals surface area (Å²) in [4.78, 5) is 39.1. The van der Waals surface area contributed by atoms with Crippen molar-refractivity contribution in [3.8, 4) is 0 Å². The van der Waals surface area contributed by atoms with Crippen molar-refractivity contribution in [2.75, 3.05) is 0 Å². The van der Waals surface area contributed by atoms with Crippen molar-refractivity contribution in [2.24, 2.45) is 10.8 Å². The van der Waals surface area contributed by atoms with Crippen molar-refractivity contribution < 1.29 is 23.9 Å². The molecule has 1 aliphatic rings. The fourth-order valence-electron chi connectivity index (χ4n) is 2.80. The number of carbonyl (C=O) groups excluding carboxylic acids is 3. The third-order valence-electron chi connectivity index (χ3n) is 4.46. The van der Waals surface area contributed by atoms with Crippen LogP contribution in [0, 0.1) is 10.8 Å². The number of hydrogen-bond donors (Lipinski definition) is 0. The van der Waals surface area contributed by atoms with E-state index in [9.17, 15) is 14.4 Å². The lowest BCUT2D eigenvalue weighted by Crippen LogP contribution is -2.49. The summed E-state index contributed by atoms with van der Waals surface area (Å²) < 4.78 is 10.9. The molecule has 2 rings (SSSR count). The molecule has 148 valence electrons. The zero-order valence-electron chi connectivity index (χ0n) is 16.9. The lowest BCUT2D eigenvalue weighted by atomic mass is 9.86. The summed E-state index contributed by atoms with van der Waals surface area (Å²) >= 11 is 0. The molecule has 0 aromatic heterocycles. The number of benzene rings is 1. The Balaban J connectivity index is 2.22. The minimum Gasteiger partial charge on any atom is -0.444 e. The molecule has 0 N–H and O–H groups in total. The summed E-state index contributed by atoms with van der Waals surface area (Å²) in [7, 11) is 0. The highest BCUT2D eigenvalue weighted by molar-refractivity contribution is 5.92. The fourth-order valence-corrected chi connectivity index (χ4v) is 2.80. The van der Waals surface area contributed by atoms with Crippen LogP contribution >= 0.6 is 0 Å². The van der Waals surface area contributed by atoms with E-state index in [0.29, 0.717) is 0 Å². The minimum atomic E-state index is -0.968. The number of cyclic esters (lactones) is 1. The van der Waals surface area contributed by atoms with Gasteiger partial charge in [0.25, 0.3) is 0 Å². The van der Waals surface area contributed by atoms with Crippen LogP contribution in [0.2, 0.25) is 0 Å². The Morgan fingerprint density at radius 3 is 2.19 bits per heavy atom. The second-order valence-corrected chi connectivity index (χ2v) is 9.00. The normalized spacial score (nSPS) is 20.4. The maximum Gasteiger partial charge on any atom is 0.413 e. The Bertz CT molecular complexity index is 700. The molecule has 1 fully saturated rings. The maximum absolute atomic E-state index is 12.8. The van der Waals surface area contributed by atoms with Gasteiger partial charge in [-0.3, -0.25) is 9.69 Å². The number of nitrogens with zero attached hydrogens (tertiary/aromatic N) is 1. The number of rotatable bonds is 4. The minimum absolute atomic E-state index is 0.0845. The first-order valence-corrected chi connectivity index (χ1v) is 9.14. The second-order valence-electron chi connectivity index (χ2n) is 9.00. The van der Waals surface area contributed by atoms with Crippen molar-refractivity contribution in [2.45, 2.75) is 66.8 Å². The Labute approximate surface area is 160 Å². The van der Waals surface area contributed by atoms with E-state index in [1.165, 1.54) is 4.90 Å². The molecule has 1 aromatic rings. The zero-order valence-corrected chi connectivity index (χ0v) is 16.9. The Kier molecular flexibility index (Phi) is 5.97. The van der Waals surface area contributed by atoms with Gasteiger partial charge in [-0.2, -0.15) is 0 Å². The molecule has 0 bridgehead atoms. The van der Waals surface area contributed by atoms with E-state index in [2.05, 4.69) is 0 Å². The van der Waals surface area contributed by atoms with Crippen molar-refractivity contribution >= 4 is 17.8 Å². The highest BCUT2D eigenvalue weighted by Crippen LogP contribution is 2.35. The van der Waals surface area contributed by atoms with E-state index in [-0.39, 0.29) is 18.8 Å². The molecule has 0 spiro atoms. The van der Waals surface area contributed by atoms with E-state index in [4.69, 9.17) is 9.47 Å². The lowest BCUT2D eigenvalue weighted by Gasteiger charge is -2.33. The quantitative estimate of drug-likeness (QED) is 0.746. The lowest BCUT2D eigenvalue weighted by molar-refractivity contribution is -0.148. The smallest absolute Gasteiger partial charge is 0.413 e. The first-order valence-electron chi connectivity index (χ1n) is 9.14. The van der Waals surface area contributed by atoms with Crippen LogP contribution in [0.1, 0.15) is 53.5 Å². The van der Waals surface area contributed by atoms with Gasteiger partial charge in [-0.1, -0.05) is 71.9 Å². The molecule has 0 radical (unpaired) electrons. The Morgan fingerprint density at radius 2 is 1.67 bits per heavy atom. The van der Waals surface area contributed by atoms with Gasteiger partial charge in [0.1, 0.15) is 18.4 Å². The number of carbonyl (C=O) groups is 3. The third-order valence-corrected chi connectivity index (χ3v) is 4.46. The number of Topliss-reactive ketones (excluding diaryl/α,β-unsaturated/α-hetero) is 1. The number of esters is 1. The van der Waals surface area contributed by atoms with Crippen molar-refractivity contribution in [3.63, 3.8) is 0 Å². The van der Waals surface area contributed by atoms with Gasteiger partial charge in [-0.25, -0.2) is 9.59 Å². The van der Waals surface area contributed by atoms with Gasteiger partial charge in [-0.05, 0) is 5.56 Å². The molecule has 1 heterocycles. The van der Waals surface area contributed by atoms with Crippen LogP contribution in [0.5, 0.6) is 0 Å². The topological polar surface area (TPSA) is 72.9 Å². The summed E-state index contributed by atoms with van der Waals surface area (Å²) in [5, 5.41) is 0. The van der Waals surface area contributed by atoms with Gasteiger partial charge in [0.2, 0.25) is 0 Å². The van der Waals surface area contributed by atoms with Crippen molar-refractivity contribution in [1.29, 1.82) is 0 Å². The van der Waals surface area contributed by atoms with Crippen LogP contribution < -0.4 is 0 Å². The molecular formula is C21H29NO5. The average molecular weight is 375 g/mol. The monoisotopic (exact) mass is 375 g/mol. The van der Waals surface area contributed by atoms with E-state index >= 15 is 0 Å². The van der Waals surface area contributed by atoms with Crippen LogP contribution in [-0.4, -0.2) is 35.0 Å². The summed E-state index contributed by atoms with van der Waals surface area (Å²) in [6, 6.07) is 8.32. The molecule has 2 atom stereocenters. The highest BCUT2D eigenvalue weighted by atomic mass is 16.6. The number of ketones is 1.